The van der Waals surface area contributed by atoms with Gasteiger partial charge in [0.15, 0.2) is 0 Å². The van der Waals surface area contributed by atoms with Crippen molar-refractivity contribution in [1.29, 1.82) is 0 Å². The first-order valence-electron chi connectivity index (χ1n) is 6.46. The number of nitrogens with zero attached hydrogens (tertiary/aromatic N) is 1. The molecular weight excluding hydrogens is 202 g/mol. The molecule has 2 N–H and O–H groups in total. The summed E-state index contributed by atoms with van der Waals surface area (Å²) in [6.07, 6.45) is 4.09. The van der Waals surface area contributed by atoms with Gasteiger partial charge in [0, 0.05) is 25.1 Å². The van der Waals surface area contributed by atoms with Gasteiger partial charge in [0.05, 0.1) is 5.60 Å². The lowest BCUT2D eigenvalue weighted by Gasteiger charge is -2.41. The molecule has 1 aliphatic heterocycles. The van der Waals surface area contributed by atoms with Crippen LogP contribution in [0.15, 0.2) is 0 Å². The number of hydrogen-bond donors (Lipinski definition) is 2. The van der Waals surface area contributed by atoms with Gasteiger partial charge in [0.2, 0.25) is 0 Å². The van der Waals surface area contributed by atoms with E-state index in [-0.39, 0.29) is 12.0 Å². The lowest BCUT2D eigenvalue weighted by Crippen LogP contribution is -2.50. The minimum absolute atomic E-state index is 0.0117. The molecule has 1 rings (SSSR count). The molecule has 3 heteroatoms. The molecule has 1 fully saturated rings. The summed E-state index contributed by atoms with van der Waals surface area (Å²) >= 11 is 0. The molecule has 0 aromatic carbocycles. The fourth-order valence-electron chi connectivity index (χ4n) is 2.81. The van der Waals surface area contributed by atoms with Crippen molar-refractivity contribution in [3.63, 3.8) is 0 Å². The van der Waals surface area contributed by atoms with Crippen LogP contribution in [-0.4, -0.2) is 47.0 Å². The summed E-state index contributed by atoms with van der Waals surface area (Å²) in [4.78, 5) is 2.30. The highest BCUT2D eigenvalue weighted by Crippen LogP contribution is 2.27. The molecule has 0 aliphatic carbocycles. The largest absolute Gasteiger partial charge is 0.396 e. The molecule has 2 atom stereocenters. The fraction of sp³-hybridized carbons (Fsp3) is 1.00. The molecule has 1 aliphatic rings. The number of aliphatic hydroxyl groups is 2. The maximum absolute atomic E-state index is 10.0. The molecule has 0 aromatic heterocycles. The van der Waals surface area contributed by atoms with E-state index in [2.05, 4.69) is 18.7 Å². The van der Waals surface area contributed by atoms with Crippen molar-refractivity contribution in [1.82, 2.24) is 4.90 Å². The van der Waals surface area contributed by atoms with E-state index in [0.29, 0.717) is 0 Å². The first-order chi connectivity index (χ1) is 7.41. The van der Waals surface area contributed by atoms with Gasteiger partial charge in [-0.2, -0.15) is 0 Å². The van der Waals surface area contributed by atoms with E-state index in [1.807, 2.05) is 6.92 Å². The molecule has 3 nitrogen and oxygen atoms in total. The summed E-state index contributed by atoms with van der Waals surface area (Å²) in [6.45, 7) is 9.13. The van der Waals surface area contributed by atoms with Crippen LogP contribution in [0.5, 0.6) is 0 Å². The van der Waals surface area contributed by atoms with Crippen molar-refractivity contribution in [2.24, 2.45) is 5.41 Å². The van der Waals surface area contributed by atoms with Crippen LogP contribution in [0.3, 0.4) is 0 Å². The predicted molar refractivity (Wildman–Crippen MR) is 66.4 cm³/mol. The molecule has 0 radical (unpaired) electrons. The van der Waals surface area contributed by atoms with Crippen molar-refractivity contribution >= 4 is 0 Å². The van der Waals surface area contributed by atoms with E-state index in [1.165, 1.54) is 0 Å². The van der Waals surface area contributed by atoms with E-state index < -0.39 is 5.60 Å². The first kappa shape index (κ1) is 13.9. The van der Waals surface area contributed by atoms with Crippen LogP contribution < -0.4 is 0 Å². The Hall–Kier alpha value is -0.120. The summed E-state index contributed by atoms with van der Waals surface area (Å²) in [6, 6.07) is 0. The summed E-state index contributed by atoms with van der Waals surface area (Å²) in [5.74, 6) is 0. The SMILES string of the molecule is CCCC(C)(CO)CN1CCCC(C)(O)C1. The number of aliphatic hydroxyl groups excluding tert-OH is 1. The van der Waals surface area contributed by atoms with Crippen LogP contribution in [-0.2, 0) is 0 Å². The zero-order valence-corrected chi connectivity index (χ0v) is 11.0. The second-order valence-electron chi connectivity index (χ2n) is 6.03. The summed E-state index contributed by atoms with van der Waals surface area (Å²) < 4.78 is 0. The maximum atomic E-state index is 10.0. The van der Waals surface area contributed by atoms with E-state index >= 15 is 0 Å². The average molecular weight is 229 g/mol. The lowest BCUT2D eigenvalue weighted by atomic mass is 9.84. The Kier molecular flexibility index (Phi) is 4.77. The third-order valence-corrected chi connectivity index (χ3v) is 3.59. The smallest absolute Gasteiger partial charge is 0.0746 e. The Morgan fingerprint density at radius 1 is 1.44 bits per heavy atom. The second kappa shape index (κ2) is 5.48. The van der Waals surface area contributed by atoms with Gasteiger partial charge in [0.1, 0.15) is 0 Å². The highest BCUT2D eigenvalue weighted by Gasteiger charge is 2.32. The number of piperidine rings is 1. The molecule has 2 unspecified atom stereocenters. The number of likely N-dealkylation sites (tertiary alicyclic amines) is 1. The quantitative estimate of drug-likeness (QED) is 0.753. The van der Waals surface area contributed by atoms with E-state index in [1.54, 1.807) is 0 Å². The summed E-state index contributed by atoms with van der Waals surface area (Å²) in [5, 5.41) is 19.5. The van der Waals surface area contributed by atoms with Crippen LogP contribution in [0.4, 0.5) is 0 Å². The topological polar surface area (TPSA) is 43.7 Å². The minimum atomic E-state index is -0.541. The zero-order chi connectivity index (χ0) is 12.2. The molecule has 1 heterocycles. The van der Waals surface area contributed by atoms with Crippen molar-refractivity contribution in [2.75, 3.05) is 26.2 Å². The van der Waals surface area contributed by atoms with Gasteiger partial charge in [-0.05, 0) is 32.7 Å². The van der Waals surface area contributed by atoms with Gasteiger partial charge < -0.3 is 10.2 Å². The summed E-state index contributed by atoms with van der Waals surface area (Å²) in [7, 11) is 0. The Labute approximate surface area is 99.5 Å². The normalized spacial score (nSPS) is 31.3. The zero-order valence-electron chi connectivity index (χ0n) is 11.0. The highest BCUT2D eigenvalue weighted by molar-refractivity contribution is 4.86. The van der Waals surface area contributed by atoms with Crippen LogP contribution >= 0.6 is 0 Å². The Morgan fingerprint density at radius 3 is 2.62 bits per heavy atom. The van der Waals surface area contributed by atoms with Crippen LogP contribution in [0.25, 0.3) is 0 Å². The van der Waals surface area contributed by atoms with Crippen molar-refractivity contribution in [3.8, 4) is 0 Å². The molecule has 96 valence electrons. The number of β-amino-alcohol motifs (C(OH)–C–C–N with tert-alkyl or cyclic N) is 1. The van der Waals surface area contributed by atoms with E-state index in [9.17, 15) is 10.2 Å². The van der Waals surface area contributed by atoms with Crippen molar-refractivity contribution in [3.05, 3.63) is 0 Å². The fourth-order valence-corrected chi connectivity index (χ4v) is 2.81. The Morgan fingerprint density at radius 2 is 2.12 bits per heavy atom. The van der Waals surface area contributed by atoms with Gasteiger partial charge >= 0.3 is 0 Å². The lowest BCUT2D eigenvalue weighted by molar-refractivity contribution is -0.0342. The van der Waals surface area contributed by atoms with E-state index in [0.717, 1.165) is 45.3 Å². The second-order valence-corrected chi connectivity index (χ2v) is 6.03. The number of hydrogen-bond acceptors (Lipinski definition) is 3. The van der Waals surface area contributed by atoms with Gasteiger partial charge in [-0.1, -0.05) is 20.3 Å². The third kappa shape index (κ3) is 4.04. The predicted octanol–water partition coefficient (Wildman–Crippen LogP) is 1.63. The molecule has 0 bridgehead atoms. The summed E-state index contributed by atoms with van der Waals surface area (Å²) in [5.41, 5.74) is -0.553. The molecule has 0 aromatic rings. The molecule has 16 heavy (non-hydrogen) atoms. The van der Waals surface area contributed by atoms with Crippen molar-refractivity contribution < 1.29 is 10.2 Å². The van der Waals surface area contributed by atoms with Crippen LogP contribution in [0.2, 0.25) is 0 Å². The Bertz CT molecular complexity index is 218. The van der Waals surface area contributed by atoms with Crippen LogP contribution in [0.1, 0.15) is 46.5 Å². The van der Waals surface area contributed by atoms with Crippen molar-refractivity contribution in [2.45, 2.75) is 52.1 Å². The standard InChI is InChI=1S/C13H27NO2/c1-4-6-12(2,11-15)9-14-8-5-7-13(3,16)10-14/h15-16H,4-11H2,1-3H3. The third-order valence-electron chi connectivity index (χ3n) is 3.59. The Balaban J connectivity index is 2.51. The van der Waals surface area contributed by atoms with Crippen LogP contribution in [0, 0.1) is 5.41 Å². The average Bonchev–Trinajstić information content (AvgIpc) is 2.16. The molecular formula is C13H27NO2. The molecule has 0 spiro atoms. The maximum Gasteiger partial charge on any atom is 0.0746 e. The van der Waals surface area contributed by atoms with Gasteiger partial charge in [0.25, 0.3) is 0 Å². The monoisotopic (exact) mass is 229 g/mol. The highest BCUT2D eigenvalue weighted by atomic mass is 16.3. The van der Waals surface area contributed by atoms with Gasteiger partial charge in [-0.25, -0.2) is 0 Å². The minimum Gasteiger partial charge on any atom is -0.396 e. The van der Waals surface area contributed by atoms with Gasteiger partial charge in [-0.15, -0.1) is 0 Å². The molecule has 0 saturated carbocycles. The van der Waals surface area contributed by atoms with E-state index in [4.69, 9.17) is 0 Å². The molecule has 0 amide bonds. The molecule has 1 saturated heterocycles. The number of rotatable bonds is 5. The van der Waals surface area contributed by atoms with Gasteiger partial charge in [-0.3, -0.25) is 4.90 Å². The first-order valence-corrected chi connectivity index (χ1v) is 6.46.